The van der Waals surface area contributed by atoms with Gasteiger partial charge in [-0.25, -0.2) is 14.2 Å². The lowest BCUT2D eigenvalue weighted by atomic mass is 10.1. The molecule has 1 saturated carbocycles. The molecule has 168 valence electrons. The summed E-state index contributed by atoms with van der Waals surface area (Å²) in [5.74, 6) is -0.368. The summed E-state index contributed by atoms with van der Waals surface area (Å²) >= 11 is 2.05. The molecule has 3 heterocycles. The number of carbonyl (C=O) groups is 2. The van der Waals surface area contributed by atoms with Crippen molar-refractivity contribution in [1.82, 2.24) is 19.7 Å². The number of imide groups is 1. The van der Waals surface area contributed by atoms with E-state index in [2.05, 4.69) is 9.88 Å². The number of pyridine rings is 1. The largest absolute Gasteiger partial charge is 0.328 e. The van der Waals surface area contributed by atoms with Crippen LogP contribution >= 0.6 is 22.6 Å². The highest BCUT2D eigenvalue weighted by molar-refractivity contribution is 14.1. The van der Waals surface area contributed by atoms with Gasteiger partial charge >= 0.3 is 6.03 Å². The first-order valence-electron chi connectivity index (χ1n) is 11.3. The monoisotopic (exact) mass is 548 g/mol. The molecule has 3 fully saturated rings. The van der Waals surface area contributed by atoms with Crippen LogP contribution in [-0.4, -0.2) is 54.8 Å². The molecule has 1 aromatic heterocycles. The first-order chi connectivity index (χ1) is 15.5. The molecule has 1 atom stereocenters. The summed E-state index contributed by atoms with van der Waals surface area (Å²) < 4.78 is 13.9. The maximum atomic E-state index is 14.4. The number of urea groups is 1. The molecule has 3 amide bonds. The van der Waals surface area contributed by atoms with E-state index in [1.54, 1.807) is 11.0 Å². The van der Waals surface area contributed by atoms with E-state index in [-0.39, 0.29) is 23.8 Å². The van der Waals surface area contributed by atoms with Crippen LogP contribution in [-0.2, 0) is 17.9 Å². The van der Waals surface area contributed by atoms with E-state index in [4.69, 9.17) is 0 Å². The topological polar surface area (TPSA) is 56.8 Å². The molecule has 2 aliphatic heterocycles. The van der Waals surface area contributed by atoms with Gasteiger partial charge in [0.2, 0.25) is 0 Å². The molecule has 5 rings (SSSR count). The van der Waals surface area contributed by atoms with Crippen molar-refractivity contribution in [1.29, 1.82) is 0 Å². The number of rotatable bonds is 6. The maximum absolute atomic E-state index is 14.4. The van der Waals surface area contributed by atoms with Crippen molar-refractivity contribution in [3.63, 3.8) is 0 Å². The molecular weight excluding hydrogens is 522 g/mol. The average molecular weight is 548 g/mol. The Bertz CT molecular complexity index is 1020. The lowest BCUT2D eigenvalue weighted by molar-refractivity contribution is -0.126. The van der Waals surface area contributed by atoms with Crippen molar-refractivity contribution >= 4 is 34.5 Å². The summed E-state index contributed by atoms with van der Waals surface area (Å²) in [4.78, 5) is 35.1. The number of benzene rings is 1. The lowest BCUT2D eigenvalue weighted by Crippen LogP contribution is -2.34. The number of alkyl halides is 1. The van der Waals surface area contributed by atoms with E-state index in [0.717, 1.165) is 55.6 Å². The molecular formula is C24H26FIN4O2. The van der Waals surface area contributed by atoms with Gasteiger partial charge in [0.25, 0.3) is 5.91 Å². The van der Waals surface area contributed by atoms with Crippen molar-refractivity contribution in [3.05, 3.63) is 53.5 Å². The first-order valence-corrected chi connectivity index (χ1v) is 12.5. The zero-order chi connectivity index (χ0) is 22.2. The third kappa shape index (κ3) is 4.39. The molecule has 0 bridgehead atoms. The second-order valence-corrected chi connectivity index (χ2v) is 10.0. The molecule has 3 aliphatic rings. The molecule has 1 unspecified atom stereocenters. The Morgan fingerprint density at radius 2 is 1.69 bits per heavy atom. The summed E-state index contributed by atoms with van der Waals surface area (Å²) in [7, 11) is 0. The number of aromatic nitrogens is 1. The van der Waals surface area contributed by atoms with Crippen LogP contribution in [0.3, 0.4) is 0 Å². The van der Waals surface area contributed by atoms with Crippen molar-refractivity contribution in [2.75, 3.05) is 13.1 Å². The third-order valence-electron chi connectivity index (χ3n) is 6.42. The Morgan fingerprint density at radius 3 is 2.38 bits per heavy atom. The van der Waals surface area contributed by atoms with Gasteiger partial charge in [-0.05, 0) is 79.1 Å². The fourth-order valence-corrected chi connectivity index (χ4v) is 5.19. The summed E-state index contributed by atoms with van der Waals surface area (Å²) in [5.41, 5.74) is 3.08. The summed E-state index contributed by atoms with van der Waals surface area (Å²) in [6, 6.07) is 10.9. The fourth-order valence-electron chi connectivity index (χ4n) is 4.46. The van der Waals surface area contributed by atoms with Crippen molar-refractivity contribution in [3.8, 4) is 11.3 Å². The van der Waals surface area contributed by atoms with Crippen LogP contribution < -0.4 is 0 Å². The quantitative estimate of drug-likeness (QED) is 0.230. The Labute approximate surface area is 200 Å². The van der Waals surface area contributed by atoms with Crippen molar-refractivity contribution < 1.29 is 14.0 Å². The number of hydrogen-bond donors (Lipinski definition) is 0. The smallest absolute Gasteiger partial charge is 0.299 e. The van der Waals surface area contributed by atoms with Crippen molar-refractivity contribution in [2.24, 2.45) is 0 Å². The van der Waals surface area contributed by atoms with Crippen molar-refractivity contribution in [2.45, 2.75) is 55.3 Å². The highest BCUT2D eigenvalue weighted by Gasteiger charge is 2.49. The number of likely N-dealkylation sites (tertiary alicyclic amines) is 1. The van der Waals surface area contributed by atoms with E-state index >= 15 is 0 Å². The zero-order valence-electron chi connectivity index (χ0n) is 17.8. The van der Waals surface area contributed by atoms with Gasteiger partial charge in [0.1, 0.15) is 5.82 Å². The minimum atomic E-state index is -0.462. The van der Waals surface area contributed by atoms with E-state index in [1.807, 2.05) is 46.9 Å². The second-order valence-electron chi connectivity index (χ2n) is 8.84. The van der Waals surface area contributed by atoms with E-state index in [0.29, 0.717) is 18.8 Å². The number of carbonyl (C=O) groups excluding carboxylic acids is 2. The van der Waals surface area contributed by atoms with Gasteiger partial charge in [-0.1, -0.05) is 30.7 Å². The summed E-state index contributed by atoms with van der Waals surface area (Å²) in [6.45, 7) is 2.91. The van der Waals surface area contributed by atoms with Crippen LogP contribution in [0.15, 0.2) is 36.4 Å². The van der Waals surface area contributed by atoms with Crippen LogP contribution in [0, 0.1) is 5.82 Å². The second kappa shape index (κ2) is 9.05. The highest BCUT2D eigenvalue weighted by Crippen LogP contribution is 2.35. The van der Waals surface area contributed by atoms with Crippen LogP contribution in [0.5, 0.6) is 0 Å². The Hall–Kier alpha value is -2.07. The summed E-state index contributed by atoms with van der Waals surface area (Å²) in [5, 5.41) is 0. The van der Waals surface area contributed by atoms with Crippen LogP contribution in [0.4, 0.5) is 9.18 Å². The molecule has 2 saturated heterocycles. The van der Waals surface area contributed by atoms with Gasteiger partial charge in [-0.3, -0.25) is 19.5 Å². The fraction of sp³-hybridized carbons (Fsp3) is 0.458. The lowest BCUT2D eigenvalue weighted by Gasteiger charge is -2.26. The van der Waals surface area contributed by atoms with Gasteiger partial charge < -0.3 is 0 Å². The summed E-state index contributed by atoms with van der Waals surface area (Å²) in [6.07, 6.45) is 5.38. The molecule has 1 aromatic carbocycles. The molecule has 6 nitrogen and oxygen atoms in total. The van der Waals surface area contributed by atoms with E-state index in [9.17, 15) is 14.0 Å². The predicted molar refractivity (Wildman–Crippen MR) is 127 cm³/mol. The number of halogens is 2. The van der Waals surface area contributed by atoms with Crippen LogP contribution in [0.25, 0.3) is 11.3 Å². The van der Waals surface area contributed by atoms with Crippen LogP contribution in [0.1, 0.15) is 43.4 Å². The zero-order valence-corrected chi connectivity index (χ0v) is 20.0. The Morgan fingerprint density at radius 1 is 0.969 bits per heavy atom. The standard InChI is InChI=1S/C24H26FIN4O2/c25-19-10-11-20(27-21(19)15-28-12-2-1-3-13-28)17-6-4-16(5-7-17)14-29-22(26)23(31)30(24(29)32)18-8-9-18/h4-7,10-11,18,22H,1-3,8-9,12-15H2. The Kier molecular flexibility index (Phi) is 6.16. The van der Waals surface area contributed by atoms with Crippen LogP contribution in [0.2, 0.25) is 0 Å². The molecule has 8 heteroatoms. The third-order valence-corrected chi connectivity index (χ3v) is 7.63. The number of piperidine rings is 1. The number of hydrogen-bond acceptors (Lipinski definition) is 4. The minimum Gasteiger partial charge on any atom is -0.299 e. The first kappa shape index (κ1) is 21.8. The molecule has 0 radical (unpaired) electrons. The van der Waals surface area contributed by atoms with Gasteiger partial charge in [-0.15, -0.1) is 0 Å². The molecule has 0 N–H and O–H groups in total. The van der Waals surface area contributed by atoms with Gasteiger partial charge in [0, 0.05) is 24.7 Å². The minimum absolute atomic E-state index is 0.0864. The maximum Gasteiger partial charge on any atom is 0.328 e. The van der Waals surface area contributed by atoms with E-state index in [1.165, 1.54) is 17.4 Å². The van der Waals surface area contributed by atoms with Gasteiger partial charge in [0.05, 0.1) is 11.4 Å². The molecule has 2 aromatic rings. The number of nitrogens with zero attached hydrogens (tertiary/aromatic N) is 4. The average Bonchev–Trinajstić information content (AvgIpc) is 3.61. The predicted octanol–water partition coefficient (Wildman–Crippen LogP) is 4.56. The molecule has 0 spiro atoms. The Balaban J connectivity index is 1.29. The highest BCUT2D eigenvalue weighted by atomic mass is 127. The van der Waals surface area contributed by atoms with Gasteiger partial charge in [-0.2, -0.15) is 0 Å². The normalized spacial score (nSPS) is 22.1. The molecule has 1 aliphatic carbocycles. The number of amides is 3. The van der Waals surface area contributed by atoms with Gasteiger partial charge in [0.15, 0.2) is 4.05 Å². The SMILES string of the molecule is O=C1C(I)N(Cc2ccc(-c3ccc(F)c(CN4CCCCC4)n3)cc2)C(=O)N1C1CC1. The van der Waals surface area contributed by atoms with E-state index < -0.39 is 4.05 Å². The molecule has 32 heavy (non-hydrogen) atoms.